The first-order chi connectivity index (χ1) is 9.45. The van der Waals surface area contributed by atoms with Crippen molar-refractivity contribution in [3.63, 3.8) is 0 Å². The van der Waals surface area contributed by atoms with Crippen molar-refractivity contribution in [2.75, 3.05) is 32.5 Å². The van der Waals surface area contributed by atoms with E-state index in [0.717, 1.165) is 0 Å². The van der Waals surface area contributed by atoms with Crippen LogP contribution in [0, 0.1) is 0 Å². The number of carbonyl (C=O) groups excluding carboxylic acids is 1. The largest absolute Gasteiger partial charge is 0.495 e. The number of nitrogens with zero attached hydrogens (tertiary/aromatic N) is 1. The first kappa shape index (κ1) is 14.6. The second-order valence-electron chi connectivity index (χ2n) is 4.41. The Morgan fingerprint density at radius 2 is 2.10 bits per heavy atom. The SMILES string of the molecule is COc1ccc(N)cc1S(=O)(=O)N1CCNC(=O)CC1. The minimum Gasteiger partial charge on any atom is -0.495 e. The molecular weight excluding hydrogens is 282 g/mol. The smallest absolute Gasteiger partial charge is 0.246 e. The highest BCUT2D eigenvalue weighted by Gasteiger charge is 2.29. The van der Waals surface area contributed by atoms with Crippen LogP contribution < -0.4 is 15.8 Å². The molecule has 0 spiro atoms. The van der Waals surface area contributed by atoms with Crippen LogP contribution in [0.25, 0.3) is 0 Å². The first-order valence-electron chi connectivity index (χ1n) is 6.15. The lowest BCUT2D eigenvalue weighted by Crippen LogP contribution is -2.34. The highest BCUT2D eigenvalue weighted by Crippen LogP contribution is 2.28. The van der Waals surface area contributed by atoms with Gasteiger partial charge >= 0.3 is 0 Å². The van der Waals surface area contributed by atoms with Crippen LogP contribution in [0.3, 0.4) is 0 Å². The molecule has 0 aromatic heterocycles. The molecule has 0 bridgehead atoms. The number of methoxy groups -OCH3 is 1. The highest BCUT2D eigenvalue weighted by atomic mass is 32.2. The van der Waals surface area contributed by atoms with E-state index < -0.39 is 10.0 Å². The molecule has 20 heavy (non-hydrogen) atoms. The molecule has 1 aliphatic heterocycles. The molecule has 3 N–H and O–H groups in total. The van der Waals surface area contributed by atoms with Crippen molar-refractivity contribution in [1.29, 1.82) is 0 Å². The average molecular weight is 299 g/mol. The predicted molar refractivity (Wildman–Crippen MR) is 73.8 cm³/mol. The Labute approximate surface area is 117 Å². The van der Waals surface area contributed by atoms with Crippen molar-refractivity contribution in [3.8, 4) is 5.75 Å². The molecule has 2 rings (SSSR count). The molecule has 1 amide bonds. The Balaban J connectivity index is 2.39. The van der Waals surface area contributed by atoms with Crippen molar-refractivity contribution in [2.24, 2.45) is 0 Å². The number of nitrogen functional groups attached to an aromatic ring is 1. The van der Waals surface area contributed by atoms with Crippen LogP contribution >= 0.6 is 0 Å². The number of amides is 1. The van der Waals surface area contributed by atoms with Crippen LogP contribution in [0.4, 0.5) is 5.69 Å². The van der Waals surface area contributed by atoms with Gasteiger partial charge in [0.25, 0.3) is 0 Å². The zero-order valence-electron chi connectivity index (χ0n) is 11.1. The van der Waals surface area contributed by atoms with Crippen LogP contribution in [0.2, 0.25) is 0 Å². The van der Waals surface area contributed by atoms with Crippen molar-refractivity contribution in [3.05, 3.63) is 18.2 Å². The molecule has 7 nitrogen and oxygen atoms in total. The van der Waals surface area contributed by atoms with Gasteiger partial charge in [0.1, 0.15) is 10.6 Å². The maximum Gasteiger partial charge on any atom is 0.246 e. The maximum atomic E-state index is 12.6. The third-order valence-corrected chi connectivity index (χ3v) is 5.00. The highest BCUT2D eigenvalue weighted by molar-refractivity contribution is 7.89. The zero-order valence-corrected chi connectivity index (χ0v) is 11.9. The van der Waals surface area contributed by atoms with Gasteiger partial charge in [-0.25, -0.2) is 8.42 Å². The van der Waals surface area contributed by atoms with E-state index in [1.165, 1.54) is 23.5 Å². The number of benzene rings is 1. The number of ether oxygens (including phenoxy) is 1. The standard InChI is InChI=1S/C12H17N3O4S/c1-19-10-3-2-9(13)8-11(10)20(17,18)15-6-4-12(16)14-5-7-15/h2-3,8H,4-7,13H2,1H3,(H,14,16). The van der Waals surface area contributed by atoms with Crippen LogP contribution in [0.5, 0.6) is 5.75 Å². The molecule has 110 valence electrons. The summed E-state index contributed by atoms with van der Waals surface area (Å²) in [5.74, 6) is 0.0879. The number of anilines is 1. The summed E-state index contributed by atoms with van der Waals surface area (Å²) in [5, 5.41) is 2.64. The molecule has 1 aromatic rings. The molecule has 1 saturated heterocycles. The van der Waals surface area contributed by atoms with Gasteiger partial charge < -0.3 is 15.8 Å². The molecule has 1 fully saturated rings. The van der Waals surface area contributed by atoms with Crippen molar-refractivity contribution in [1.82, 2.24) is 9.62 Å². The molecule has 8 heteroatoms. The third kappa shape index (κ3) is 2.86. The molecule has 0 unspecified atom stereocenters. The van der Waals surface area contributed by atoms with Crippen LogP contribution in [-0.4, -0.2) is 45.4 Å². The first-order valence-corrected chi connectivity index (χ1v) is 7.59. The van der Waals surface area contributed by atoms with Crippen molar-refractivity contribution in [2.45, 2.75) is 11.3 Å². The third-order valence-electron chi connectivity index (χ3n) is 3.08. The van der Waals surface area contributed by atoms with E-state index in [2.05, 4.69) is 5.32 Å². The van der Waals surface area contributed by atoms with Gasteiger partial charge in [0.2, 0.25) is 15.9 Å². The van der Waals surface area contributed by atoms with Crippen LogP contribution in [0.1, 0.15) is 6.42 Å². The normalized spacial score (nSPS) is 17.4. The second kappa shape index (κ2) is 5.68. The molecule has 0 atom stereocenters. The summed E-state index contributed by atoms with van der Waals surface area (Å²) in [5.41, 5.74) is 6.00. The zero-order chi connectivity index (χ0) is 14.8. The fourth-order valence-electron chi connectivity index (χ4n) is 2.02. The minimum atomic E-state index is -3.74. The van der Waals surface area contributed by atoms with Gasteiger partial charge in [0, 0.05) is 31.7 Å². The lowest BCUT2D eigenvalue weighted by atomic mass is 10.3. The van der Waals surface area contributed by atoms with E-state index in [9.17, 15) is 13.2 Å². The number of sulfonamides is 1. The van der Waals surface area contributed by atoms with Gasteiger partial charge in [0.15, 0.2) is 0 Å². The van der Waals surface area contributed by atoms with E-state index in [1.807, 2.05) is 0 Å². The fraction of sp³-hybridized carbons (Fsp3) is 0.417. The Morgan fingerprint density at radius 3 is 2.80 bits per heavy atom. The molecule has 0 saturated carbocycles. The summed E-state index contributed by atoms with van der Waals surface area (Å²) < 4.78 is 31.6. The van der Waals surface area contributed by atoms with E-state index in [4.69, 9.17) is 10.5 Å². The maximum absolute atomic E-state index is 12.6. The van der Waals surface area contributed by atoms with E-state index in [0.29, 0.717) is 12.2 Å². The summed E-state index contributed by atoms with van der Waals surface area (Å²) in [6.07, 6.45) is 0.143. The number of hydrogen-bond acceptors (Lipinski definition) is 5. The molecular formula is C12H17N3O4S. The van der Waals surface area contributed by atoms with E-state index in [1.54, 1.807) is 6.07 Å². The van der Waals surface area contributed by atoms with Crippen LogP contribution in [-0.2, 0) is 14.8 Å². The summed E-state index contributed by atoms with van der Waals surface area (Å²) in [4.78, 5) is 11.3. The van der Waals surface area contributed by atoms with Gasteiger partial charge in [0.05, 0.1) is 7.11 Å². The van der Waals surface area contributed by atoms with Crippen LogP contribution in [0.15, 0.2) is 23.1 Å². The van der Waals surface area contributed by atoms with E-state index in [-0.39, 0.29) is 36.1 Å². The average Bonchev–Trinajstić information content (AvgIpc) is 2.64. The van der Waals surface area contributed by atoms with Gasteiger partial charge in [-0.3, -0.25) is 4.79 Å². The molecule has 1 aromatic carbocycles. The monoisotopic (exact) mass is 299 g/mol. The number of rotatable bonds is 3. The molecule has 0 aliphatic carbocycles. The lowest BCUT2D eigenvalue weighted by Gasteiger charge is -2.20. The lowest BCUT2D eigenvalue weighted by molar-refractivity contribution is -0.120. The molecule has 1 heterocycles. The Morgan fingerprint density at radius 1 is 1.35 bits per heavy atom. The Kier molecular flexibility index (Phi) is 4.15. The number of nitrogens with two attached hydrogens (primary N) is 1. The number of hydrogen-bond donors (Lipinski definition) is 2. The van der Waals surface area contributed by atoms with Crippen molar-refractivity contribution < 1.29 is 17.9 Å². The van der Waals surface area contributed by atoms with Gasteiger partial charge in [-0.05, 0) is 18.2 Å². The second-order valence-corrected chi connectivity index (χ2v) is 6.32. The quantitative estimate of drug-likeness (QED) is 0.752. The van der Waals surface area contributed by atoms with Gasteiger partial charge in [-0.15, -0.1) is 0 Å². The topological polar surface area (TPSA) is 102 Å². The van der Waals surface area contributed by atoms with Gasteiger partial charge in [-0.1, -0.05) is 0 Å². The Hall–Kier alpha value is -1.80. The summed E-state index contributed by atoms with van der Waals surface area (Å²) in [6, 6.07) is 4.46. The van der Waals surface area contributed by atoms with Gasteiger partial charge in [-0.2, -0.15) is 4.31 Å². The van der Waals surface area contributed by atoms with Crippen molar-refractivity contribution >= 4 is 21.6 Å². The molecule has 0 radical (unpaired) electrons. The Bertz CT molecular complexity index is 615. The molecule has 1 aliphatic rings. The van der Waals surface area contributed by atoms with E-state index >= 15 is 0 Å². The summed E-state index contributed by atoms with van der Waals surface area (Å²) >= 11 is 0. The number of carbonyl (C=O) groups is 1. The predicted octanol–water partition coefficient (Wildman–Crippen LogP) is -0.212. The summed E-state index contributed by atoms with van der Waals surface area (Å²) in [7, 11) is -2.34. The summed E-state index contributed by atoms with van der Waals surface area (Å²) in [6.45, 7) is 0.668. The fourth-order valence-corrected chi connectivity index (χ4v) is 3.65. The number of nitrogens with one attached hydrogen (secondary N) is 1. The minimum absolute atomic E-state index is 0.0225.